The Morgan fingerprint density at radius 1 is 0.267 bits per heavy atom. The van der Waals surface area contributed by atoms with Crippen molar-refractivity contribution in [2.75, 3.05) is 0 Å². The van der Waals surface area contributed by atoms with E-state index in [4.69, 9.17) is 0 Å². The van der Waals surface area contributed by atoms with Crippen LogP contribution >= 0.6 is 0 Å². The third-order valence-electron chi connectivity index (χ3n) is 6.44. The minimum Gasteiger partial charge on any atom is -0.103 e. The Hall–Kier alpha value is -0.440. The molecule has 0 aliphatic carbocycles. The molecule has 178 valence electrons. The van der Waals surface area contributed by atoms with Crippen molar-refractivity contribution in [3.8, 4) is 11.8 Å². The number of unbranched alkanes of at least 4 members (excludes halogenated alkanes) is 24. The maximum Gasteiger partial charge on any atom is 0.00886 e. The van der Waals surface area contributed by atoms with E-state index in [9.17, 15) is 0 Å². The zero-order chi connectivity index (χ0) is 21.8. The molecule has 0 rings (SSSR count). The van der Waals surface area contributed by atoms with Gasteiger partial charge in [0.05, 0.1) is 0 Å². The van der Waals surface area contributed by atoms with E-state index in [-0.39, 0.29) is 0 Å². The average Bonchev–Trinajstić information content (AvgIpc) is 2.76. The van der Waals surface area contributed by atoms with E-state index in [2.05, 4.69) is 25.7 Å². The maximum absolute atomic E-state index is 3.38. The van der Waals surface area contributed by atoms with Crippen LogP contribution in [0, 0.1) is 11.8 Å². The number of hydrogen-bond donors (Lipinski definition) is 0. The quantitative estimate of drug-likeness (QED) is 0.108. The summed E-state index contributed by atoms with van der Waals surface area (Å²) in [6, 6.07) is 0. The second-order valence-electron chi connectivity index (χ2n) is 9.63. The fourth-order valence-electron chi connectivity index (χ4n) is 4.29. The second kappa shape index (κ2) is 28.6. The van der Waals surface area contributed by atoms with E-state index in [0.717, 1.165) is 12.8 Å². The standard InChI is InChI=1S/C30H58/c1-3-5-7-9-11-13-15-17-19-21-23-25-27-29-30-28-26-24-22-20-18-16-14-12-10-8-6-4-2/h3-15,17,19-30H2,1-2H3. The molecular weight excluding hydrogens is 360 g/mol. The van der Waals surface area contributed by atoms with E-state index >= 15 is 0 Å². The summed E-state index contributed by atoms with van der Waals surface area (Å²) in [6.45, 7) is 4.58. The molecule has 0 nitrogen and oxygen atoms in total. The smallest absolute Gasteiger partial charge is 0.00886 e. The van der Waals surface area contributed by atoms with Crippen molar-refractivity contribution in [2.45, 2.75) is 181 Å². The Labute approximate surface area is 192 Å². The first-order valence-electron chi connectivity index (χ1n) is 14.4. The Morgan fingerprint density at radius 3 is 0.700 bits per heavy atom. The van der Waals surface area contributed by atoms with E-state index in [1.165, 1.54) is 154 Å². The van der Waals surface area contributed by atoms with Crippen molar-refractivity contribution in [1.29, 1.82) is 0 Å². The summed E-state index contributed by atoms with van der Waals surface area (Å²) < 4.78 is 0. The van der Waals surface area contributed by atoms with Crippen molar-refractivity contribution in [2.24, 2.45) is 0 Å². The maximum atomic E-state index is 3.38. The van der Waals surface area contributed by atoms with Gasteiger partial charge < -0.3 is 0 Å². The van der Waals surface area contributed by atoms with Crippen LogP contribution in [-0.2, 0) is 0 Å². The van der Waals surface area contributed by atoms with Gasteiger partial charge in [-0.2, -0.15) is 0 Å². The van der Waals surface area contributed by atoms with Crippen LogP contribution in [0.4, 0.5) is 0 Å². The van der Waals surface area contributed by atoms with Crippen molar-refractivity contribution < 1.29 is 0 Å². The van der Waals surface area contributed by atoms with E-state index in [1.54, 1.807) is 0 Å². The first kappa shape index (κ1) is 29.6. The van der Waals surface area contributed by atoms with Gasteiger partial charge in [0.1, 0.15) is 0 Å². The van der Waals surface area contributed by atoms with Crippen LogP contribution in [0.3, 0.4) is 0 Å². The van der Waals surface area contributed by atoms with Gasteiger partial charge in [0.2, 0.25) is 0 Å². The average molecular weight is 419 g/mol. The summed E-state index contributed by atoms with van der Waals surface area (Å²) >= 11 is 0. The van der Waals surface area contributed by atoms with Gasteiger partial charge in [-0.05, 0) is 12.8 Å². The molecule has 0 aliphatic rings. The molecule has 0 aliphatic heterocycles. The van der Waals surface area contributed by atoms with E-state index in [1.807, 2.05) is 0 Å². The van der Waals surface area contributed by atoms with Crippen LogP contribution < -0.4 is 0 Å². The second-order valence-corrected chi connectivity index (χ2v) is 9.63. The molecule has 0 atom stereocenters. The molecule has 0 aromatic rings. The summed E-state index contributed by atoms with van der Waals surface area (Å²) in [5, 5.41) is 0. The minimum atomic E-state index is 1.13. The lowest BCUT2D eigenvalue weighted by atomic mass is 10.0. The molecule has 0 aromatic heterocycles. The van der Waals surface area contributed by atoms with E-state index < -0.39 is 0 Å². The van der Waals surface area contributed by atoms with Gasteiger partial charge in [-0.25, -0.2) is 0 Å². The number of rotatable bonds is 24. The Balaban J connectivity index is 3.05. The van der Waals surface area contributed by atoms with Crippen LogP contribution in [-0.4, -0.2) is 0 Å². The Morgan fingerprint density at radius 2 is 0.467 bits per heavy atom. The van der Waals surface area contributed by atoms with Crippen LogP contribution in [0.15, 0.2) is 0 Å². The molecule has 0 radical (unpaired) electrons. The highest BCUT2D eigenvalue weighted by Crippen LogP contribution is 2.14. The lowest BCUT2D eigenvalue weighted by molar-refractivity contribution is 0.524. The van der Waals surface area contributed by atoms with Crippen LogP contribution in [0.1, 0.15) is 181 Å². The van der Waals surface area contributed by atoms with Crippen LogP contribution in [0.5, 0.6) is 0 Å². The third kappa shape index (κ3) is 27.6. The highest BCUT2D eigenvalue weighted by atomic mass is 14.0. The zero-order valence-corrected chi connectivity index (χ0v) is 21.4. The molecule has 0 heteroatoms. The molecule has 0 unspecified atom stereocenters. The van der Waals surface area contributed by atoms with Gasteiger partial charge in [-0.15, -0.1) is 11.8 Å². The first-order chi connectivity index (χ1) is 14.9. The van der Waals surface area contributed by atoms with Gasteiger partial charge in [-0.3, -0.25) is 0 Å². The molecule has 0 N–H and O–H groups in total. The van der Waals surface area contributed by atoms with Crippen LogP contribution in [0.2, 0.25) is 0 Å². The highest BCUT2D eigenvalue weighted by molar-refractivity contribution is 4.98. The molecule has 0 saturated heterocycles. The summed E-state index contributed by atoms with van der Waals surface area (Å²) in [7, 11) is 0. The molecule has 0 heterocycles. The molecule has 0 aromatic carbocycles. The fourth-order valence-corrected chi connectivity index (χ4v) is 4.29. The van der Waals surface area contributed by atoms with Gasteiger partial charge in [-0.1, -0.05) is 155 Å². The monoisotopic (exact) mass is 418 g/mol. The zero-order valence-electron chi connectivity index (χ0n) is 21.4. The summed E-state index contributed by atoms with van der Waals surface area (Å²) in [6.07, 6.45) is 36.7. The summed E-state index contributed by atoms with van der Waals surface area (Å²) in [5.41, 5.74) is 0. The third-order valence-corrected chi connectivity index (χ3v) is 6.44. The molecular formula is C30H58. The number of hydrogen-bond acceptors (Lipinski definition) is 0. The normalized spacial score (nSPS) is 10.9. The van der Waals surface area contributed by atoms with Crippen molar-refractivity contribution in [3.63, 3.8) is 0 Å². The molecule has 0 spiro atoms. The molecule has 0 fully saturated rings. The van der Waals surface area contributed by atoms with Gasteiger partial charge in [0.15, 0.2) is 0 Å². The highest BCUT2D eigenvalue weighted by Gasteiger charge is 1.95. The van der Waals surface area contributed by atoms with Gasteiger partial charge >= 0.3 is 0 Å². The summed E-state index contributed by atoms with van der Waals surface area (Å²) in [4.78, 5) is 0. The first-order valence-corrected chi connectivity index (χ1v) is 14.4. The molecule has 30 heavy (non-hydrogen) atoms. The largest absolute Gasteiger partial charge is 0.103 e. The lowest BCUT2D eigenvalue weighted by Crippen LogP contribution is -1.84. The van der Waals surface area contributed by atoms with Crippen molar-refractivity contribution >= 4 is 0 Å². The van der Waals surface area contributed by atoms with Crippen molar-refractivity contribution in [3.05, 3.63) is 0 Å². The summed E-state index contributed by atoms with van der Waals surface area (Å²) in [5.74, 6) is 6.75. The van der Waals surface area contributed by atoms with E-state index in [0.29, 0.717) is 0 Å². The predicted octanol–water partition coefficient (Wildman–Crippen LogP) is 11.2. The fraction of sp³-hybridized carbons (Fsp3) is 0.933. The Kier molecular flexibility index (Phi) is 28.1. The van der Waals surface area contributed by atoms with Crippen LogP contribution in [0.25, 0.3) is 0 Å². The molecule has 0 amide bonds. The lowest BCUT2D eigenvalue weighted by Gasteiger charge is -2.03. The van der Waals surface area contributed by atoms with Crippen molar-refractivity contribution in [1.82, 2.24) is 0 Å². The topological polar surface area (TPSA) is 0 Å². The molecule has 0 saturated carbocycles. The minimum absolute atomic E-state index is 1.13. The predicted molar refractivity (Wildman–Crippen MR) is 139 cm³/mol. The Bertz CT molecular complexity index is 345. The van der Waals surface area contributed by atoms with Gasteiger partial charge in [0.25, 0.3) is 0 Å². The SMILES string of the molecule is CCCCCCCC#CCCCCCCCCCCCCCCCCCCCCC. The van der Waals surface area contributed by atoms with Gasteiger partial charge in [0, 0.05) is 12.8 Å². The molecule has 0 bridgehead atoms.